The molecule has 0 amide bonds. The van der Waals surface area contributed by atoms with Crippen LogP contribution < -0.4 is 0 Å². The Morgan fingerprint density at radius 2 is 1.50 bits per heavy atom. The Hall–Kier alpha value is 0. The molecule has 0 bridgehead atoms. The van der Waals surface area contributed by atoms with E-state index in [9.17, 15) is 0 Å². The maximum absolute atomic E-state index is 2.51. The zero-order valence-electron chi connectivity index (χ0n) is 16.3. The van der Waals surface area contributed by atoms with Crippen LogP contribution >= 0.6 is 0 Å². The smallest absolute Gasteiger partial charge is 0.0326 e. The van der Waals surface area contributed by atoms with E-state index >= 15 is 0 Å². The Morgan fingerprint density at radius 1 is 0.818 bits per heavy atom. The lowest BCUT2D eigenvalue weighted by molar-refractivity contribution is 0.143. The van der Waals surface area contributed by atoms with E-state index in [1.54, 1.807) is 12.8 Å². The summed E-state index contributed by atoms with van der Waals surface area (Å²) in [4.78, 5) is 0. The van der Waals surface area contributed by atoms with Gasteiger partial charge in [0, 0.05) is 0 Å². The fraction of sp³-hybridized carbons (Fsp3) is 1.00. The summed E-state index contributed by atoms with van der Waals surface area (Å²) in [7, 11) is 0. The molecule has 7 atom stereocenters. The Bertz CT molecular complexity index is 318. The zero-order valence-corrected chi connectivity index (χ0v) is 16.3. The minimum atomic E-state index is 0.866. The lowest BCUT2D eigenvalue weighted by Crippen LogP contribution is -2.27. The van der Waals surface area contributed by atoms with E-state index in [1.807, 2.05) is 0 Å². The molecule has 0 spiro atoms. The SMILES string of the molecule is CCC(C)C1C2CCCC(CC)C(C(CC)C(C)C)CCC21. The van der Waals surface area contributed by atoms with E-state index in [2.05, 4.69) is 41.5 Å². The fourth-order valence-electron chi connectivity index (χ4n) is 6.19. The van der Waals surface area contributed by atoms with Crippen LogP contribution in [0.15, 0.2) is 0 Å². The molecule has 0 heteroatoms. The molecule has 130 valence electrons. The number of hydrogen-bond acceptors (Lipinski definition) is 0. The van der Waals surface area contributed by atoms with Crippen LogP contribution in [0, 0.1) is 47.3 Å². The summed E-state index contributed by atoms with van der Waals surface area (Å²) >= 11 is 0. The highest BCUT2D eigenvalue weighted by molar-refractivity contribution is 5.00. The van der Waals surface area contributed by atoms with Crippen molar-refractivity contribution in [3.05, 3.63) is 0 Å². The van der Waals surface area contributed by atoms with Gasteiger partial charge in [-0.05, 0) is 66.6 Å². The molecule has 0 aliphatic heterocycles. The molecule has 2 aliphatic rings. The van der Waals surface area contributed by atoms with Crippen LogP contribution in [-0.2, 0) is 0 Å². The minimum absolute atomic E-state index is 0.866. The Balaban J connectivity index is 2.06. The second kappa shape index (κ2) is 8.20. The van der Waals surface area contributed by atoms with Crippen LogP contribution in [0.25, 0.3) is 0 Å². The van der Waals surface area contributed by atoms with Gasteiger partial charge in [0.15, 0.2) is 0 Å². The molecule has 2 fully saturated rings. The molecule has 2 saturated carbocycles. The summed E-state index contributed by atoms with van der Waals surface area (Å²) in [5, 5.41) is 0. The van der Waals surface area contributed by atoms with Gasteiger partial charge in [0.05, 0.1) is 0 Å². The molecule has 0 heterocycles. The van der Waals surface area contributed by atoms with Gasteiger partial charge in [0.2, 0.25) is 0 Å². The summed E-state index contributed by atoms with van der Waals surface area (Å²) in [5.41, 5.74) is 0. The van der Waals surface area contributed by atoms with E-state index in [0.717, 1.165) is 47.3 Å². The first-order valence-corrected chi connectivity index (χ1v) is 10.5. The third-order valence-corrected chi connectivity index (χ3v) is 7.65. The molecule has 22 heavy (non-hydrogen) atoms. The molecule has 2 aliphatic carbocycles. The lowest BCUT2D eigenvalue weighted by atomic mass is 9.70. The molecule has 0 nitrogen and oxygen atoms in total. The lowest BCUT2D eigenvalue weighted by Gasteiger charge is -2.35. The second-order valence-corrected chi connectivity index (χ2v) is 8.95. The van der Waals surface area contributed by atoms with Crippen molar-refractivity contribution < 1.29 is 0 Å². The molecule has 0 aromatic rings. The quantitative estimate of drug-likeness (QED) is 0.487. The van der Waals surface area contributed by atoms with Gasteiger partial charge in [-0.3, -0.25) is 0 Å². The fourth-order valence-corrected chi connectivity index (χ4v) is 6.19. The normalized spacial score (nSPS) is 38.6. The first-order chi connectivity index (χ1) is 10.5. The molecule has 7 unspecified atom stereocenters. The predicted octanol–water partition coefficient (Wildman–Crippen LogP) is 7.18. The number of fused-ring (bicyclic) bond motifs is 1. The Morgan fingerprint density at radius 3 is 2.05 bits per heavy atom. The average Bonchev–Trinajstić information content (AvgIpc) is 3.18. The van der Waals surface area contributed by atoms with Crippen molar-refractivity contribution in [1.82, 2.24) is 0 Å². The summed E-state index contributed by atoms with van der Waals surface area (Å²) in [6.07, 6.45) is 11.8. The topological polar surface area (TPSA) is 0 Å². The predicted molar refractivity (Wildman–Crippen MR) is 98.9 cm³/mol. The van der Waals surface area contributed by atoms with Crippen molar-refractivity contribution >= 4 is 0 Å². The molecular formula is C22H42. The number of hydrogen-bond donors (Lipinski definition) is 0. The highest BCUT2D eigenvalue weighted by Crippen LogP contribution is 2.58. The van der Waals surface area contributed by atoms with E-state index < -0.39 is 0 Å². The van der Waals surface area contributed by atoms with Crippen LogP contribution in [0.1, 0.15) is 92.9 Å². The van der Waals surface area contributed by atoms with Gasteiger partial charge >= 0.3 is 0 Å². The zero-order chi connectivity index (χ0) is 16.3. The first kappa shape index (κ1) is 18.3. The van der Waals surface area contributed by atoms with Gasteiger partial charge in [0.25, 0.3) is 0 Å². The van der Waals surface area contributed by atoms with Crippen LogP contribution in [0.5, 0.6) is 0 Å². The third kappa shape index (κ3) is 3.90. The van der Waals surface area contributed by atoms with Crippen molar-refractivity contribution in [2.45, 2.75) is 92.9 Å². The van der Waals surface area contributed by atoms with Crippen molar-refractivity contribution in [3.8, 4) is 0 Å². The monoisotopic (exact) mass is 306 g/mol. The summed E-state index contributed by atoms with van der Waals surface area (Å²) < 4.78 is 0. The van der Waals surface area contributed by atoms with Crippen molar-refractivity contribution in [2.75, 3.05) is 0 Å². The van der Waals surface area contributed by atoms with Gasteiger partial charge in [-0.2, -0.15) is 0 Å². The highest BCUT2D eigenvalue weighted by atomic mass is 14.6. The van der Waals surface area contributed by atoms with E-state index in [4.69, 9.17) is 0 Å². The van der Waals surface area contributed by atoms with Gasteiger partial charge in [-0.15, -0.1) is 0 Å². The molecule has 0 N–H and O–H groups in total. The van der Waals surface area contributed by atoms with Crippen LogP contribution in [0.3, 0.4) is 0 Å². The number of rotatable bonds is 6. The van der Waals surface area contributed by atoms with Gasteiger partial charge < -0.3 is 0 Å². The third-order valence-electron chi connectivity index (χ3n) is 7.65. The standard InChI is InChI=1S/C22H42/c1-7-16(6)22-20-12-10-11-17(8-2)19(13-14-21(20)22)18(9-3)15(4)5/h15-22H,7-14H2,1-6H3. The van der Waals surface area contributed by atoms with E-state index in [-0.39, 0.29) is 0 Å². The van der Waals surface area contributed by atoms with E-state index in [1.165, 1.54) is 38.5 Å². The molecule has 2 rings (SSSR count). The summed E-state index contributed by atoms with van der Waals surface area (Å²) in [5.74, 6) is 8.10. The summed E-state index contributed by atoms with van der Waals surface area (Å²) in [6.45, 7) is 14.7. The first-order valence-electron chi connectivity index (χ1n) is 10.5. The molecule has 0 saturated heterocycles. The summed E-state index contributed by atoms with van der Waals surface area (Å²) in [6, 6.07) is 0. The largest absolute Gasteiger partial charge is 0.0651 e. The van der Waals surface area contributed by atoms with Gasteiger partial charge in [-0.1, -0.05) is 73.6 Å². The molecule has 0 radical (unpaired) electrons. The highest BCUT2D eigenvalue weighted by Gasteiger charge is 2.51. The van der Waals surface area contributed by atoms with Crippen molar-refractivity contribution in [1.29, 1.82) is 0 Å². The molecule has 0 aromatic heterocycles. The second-order valence-electron chi connectivity index (χ2n) is 8.95. The average molecular weight is 307 g/mol. The minimum Gasteiger partial charge on any atom is -0.0651 e. The van der Waals surface area contributed by atoms with Crippen LogP contribution in [0.2, 0.25) is 0 Å². The maximum atomic E-state index is 2.51. The maximum Gasteiger partial charge on any atom is -0.0326 e. The van der Waals surface area contributed by atoms with Crippen molar-refractivity contribution in [2.24, 2.45) is 47.3 Å². The van der Waals surface area contributed by atoms with Gasteiger partial charge in [0.1, 0.15) is 0 Å². The van der Waals surface area contributed by atoms with Crippen LogP contribution in [0.4, 0.5) is 0 Å². The Labute approximate surface area is 140 Å². The van der Waals surface area contributed by atoms with Crippen LogP contribution in [-0.4, -0.2) is 0 Å². The van der Waals surface area contributed by atoms with Crippen molar-refractivity contribution in [3.63, 3.8) is 0 Å². The Kier molecular flexibility index (Phi) is 6.84. The van der Waals surface area contributed by atoms with Gasteiger partial charge in [-0.25, -0.2) is 0 Å². The molecular weight excluding hydrogens is 264 g/mol. The molecule has 0 aromatic carbocycles. The van der Waals surface area contributed by atoms with E-state index in [0.29, 0.717) is 0 Å².